The summed E-state index contributed by atoms with van der Waals surface area (Å²) in [6.07, 6.45) is 5.88. The molecule has 2 N–H and O–H groups in total. The lowest BCUT2D eigenvalue weighted by molar-refractivity contribution is 0.0779. The topological polar surface area (TPSA) is 91.7 Å². The molecule has 3 heterocycles. The number of carbonyl (C=O) groups excluding carboxylic acids is 1. The van der Waals surface area contributed by atoms with Crippen molar-refractivity contribution in [1.29, 1.82) is 0 Å². The van der Waals surface area contributed by atoms with Crippen molar-refractivity contribution >= 4 is 5.91 Å². The van der Waals surface area contributed by atoms with Crippen LogP contribution in [0.1, 0.15) is 28.9 Å². The van der Waals surface area contributed by atoms with Crippen LogP contribution in [0.25, 0.3) is 11.3 Å². The zero-order valence-corrected chi connectivity index (χ0v) is 16.0. The standard InChI is InChI=1S/C20H25N7O/c1-26(13-17-11-22-24-19(17)16-7-3-2-4-8-16)20(28)18-14-27(25-23-18)12-15-6-5-9-21-10-15/h2-4,7-8,11,14-15,21H,5-6,9-10,12-13H2,1H3,(H,22,24). The summed E-state index contributed by atoms with van der Waals surface area (Å²) in [5.74, 6) is 0.392. The van der Waals surface area contributed by atoms with Crippen molar-refractivity contribution in [2.24, 2.45) is 5.92 Å². The molecule has 8 nitrogen and oxygen atoms in total. The lowest BCUT2D eigenvalue weighted by atomic mass is 10.00. The molecule has 1 fully saturated rings. The molecule has 3 aromatic rings. The fraction of sp³-hybridized carbons (Fsp3) is 0.400. The molecule has 1 aliphatic rings. The highest BCUT2D eigenvalue weighted by Crippen LogP contribution is 2.22. The maximum Gasteiger partial charge on any atom is 0.276 e. The van der Waals surface area contributed by atoms with E-state index in [9.17, 15) is 4.79 Å². The van der Waals surface area contributed by atoms with Crippen LogP contribution >= 0.6 is 0 Å². The minimum atomic E-state index is -0.145. The molecule has 0 spiro atoms. The van der Waals surface area contributed by atoms with Crippen LogP contribution in [0.5, 0.6) is 0 Å². The molecule has 1 saturated heterocycles. The number of hydrogen-bond acceptors (Lipinski definition) is 5. The van der Waals surface area contributed by atoms with Gasteiger partial charge in [-0.3, -0.25) is 14.6 Å². The van der Waals surface area contributed by atoms with E-state index in [0.717, 1.165) is 36.5 Å². The van der Waals surface area contributed by atoms with Crippen molar-refractivity contribution in [2.75, 3.05) is 20.1 Å². The van der Waals surface area contributed by atoms with E-state index in [0.29, 0.717) is 18.2 Å². The molecule has 1 unspecified atom stereocenters. The average molecular weight is 379 g/mol. The van der Waals surface area contributed by atoms with Crippen molar-refractivity contribution in [3.63, 3.8) is 0 Å². The molecule has 28 heavy (non-hydrogen) atoms. The van der Waals surface area contributed by atoms with Gasteiger partial charge >= 0.3 is 0 Å². The van der Waals surface area contributed by atoms with Crippen molar-refractivity contribution in [2.45, 2.75) is 25.9 Å². The van der Waals surface area contributed by atoms with Crippen LogP contribution in [0.2, 0.25) is 0 Å². The van der Waals surface area contributed by atoms with Gasteiger partial charge in [-0.15, -0.1) is 5.10 Å². The average Bonchev–Trinajstić information content (AvgIpc) is 3.38. The Morgan fingerprint density at radius 2 is 2.18 bits per heavy atom. The highest BCUT2D eigenvalue weighted by atomic mass is 16.2. The molecule has 0 radical (unpaired) electrons. The van der Waals surface area contributed by atoms with E-state index >= 15 is 0 Å². The SMILES string of the molecule is CN(Cc1cn[nH]c1-c1ccccc1)C(=O)c1cn(CC2CCCNC2)nn1. The van der Waals surface area contributed by atoms with Gasteiger partial charge in [0.1, 0.15) is 0 Å². The first-order chi connectivity index (χ1) is 13.7. The van der Waals surface area contributed by atoms with Crippen molar-refractivity contribution in [1.82, 2.24) is 35.4 Å². The summed E-state index contributed by atoms with van der Waals surface area (Å²) < 4.78 is 1.78. The quantitative estimate of drug-likeness (QED) is 0.683. The van der Waals surface area contributed by atoms with E-state index in [1.165, 1.54) is 12.8 Å². The lowest BCUT2D eigenvalue weighted by Gasteiger charge is -2.22. The van der Waals surface area contributed by atoms with Crippen molar-refractivity contribution in [3.8, 4) is 11.3 Å². The molecule has 1 aliphatic heterocycles. The Morgan fingerprint density at radius 3 is 2.96 bits per heavy atom. The van der Waals surface area contributed by atoms with Gasteiger partial charge in [-0.1, -0.05) is 35.5 Å². The molecule has 1 amide bonds. The van der Waals surface area contributed by atoms with E-state index in [-0.39, 0.29) is 5.91 Å². The predicted octanol–water partition coefficient (Wildman–Crippen LogP) is 1.94. The van der Waals surface area contributed by atoms with Gasteiger partial charge in [0, 0.05) is 25.7 Å². The summed E-state index contributed by atoms with van der Waals surface area (Å²) in [6, 6.07) is 9.97. The number of nitrogens with zero attached hydrogens (tertiary/aromatic N) is 5. The van der Waals surface area contributed by atoms with Gasteiger partial charge in [0.2, 0.25) is 0 Å². The highest BCUT2D eigenvalue weighted by Gasteiger charge is 2.20. The van der Waals surface area contributed by atoms with Crippen LogP contribution in [0.3, 0.4) is 0 Å². The molecule has 8 heteroatoms. The minimum absolute atomic E-state index is 0.145. The predicted molar refractivity (Wildman–Crippen MR) is 105 cm³/mol. The van der Waals surface area contributed by atoms with Crippen LogP contribution in [-0.4, -0.2) is 56.1 Å². The summed E-state index contributed by atoms with van der Waals surface area (Å²) in [4.78, 5) is 14.4. The number of aromatic amines is 1. The van der Waals surface area contributed by atoms with Crippen LogP contribution in [0.15, 0.2) is 42.7 Å². The van der Waals surface area contributed by atoms with E-state index in [1.807, 2.05) is 30.3 Å². The Bertz CT molecular complexity index is 912. The lowest BCUT2D eigenvalue weighted by Crippen LogP contribution is -2.32. The number of piperidine rings is 1. The van der Waals surface area contributed by atoms with Gasteiger partial charge in [-0.25, -0.2) is 0 Å². The van der Waals surface area contributed by atoms with E-state index < -0.39 is 0 Å². The molecule has 0 aliphatic carbocycles. The molecule has 146 valence electrons. The Labute approximate surface area is 163 Å². The monoisotopic (exact) mass is 379 g/mol. The molecular weight excluding hydrogens is 354 g/mol. The second-order valence-corrected chi connectivity index (χ2v) is 7.34. The van der Waals surface area contributed by atoms with Gasteiger partial charge in [0.15, 0.2) is 5.69 Å². The maximum atomic E-state index is 12.8. The number of hydrogen-bond donors (Lipinski definition) is 2. The van der Waals surface area contributed by atoms with Crippen LogP contribution in [0.4, 0.5) is 0 Å². The first-order valence-electron chi connectivity index (χ1n) is 9.64. The van der Waals surface area contributed by atoms with Crippen LogP contribution < -0.4 is 5.32 Å². The normalized spacial score (nSPS) is 16.8. The summed E-state index contributed by atoms with van der Waals surface area (Å²) >= 11 is 0. The number of aromatic nitrogens is 5. The van der Waals surface area contributed by atoms with Gasteiger partial charge < -0.3 is 10.2 Å². The first kappa shape index (κ1) is 18.4. The second-order valence-electron chi connectivity index (χ2n) is 7.34. The number of benzene rings is 1. The molecule has 1 atom stereocenters. The number of carbonyl (C=O) groups is 1. The van der Waals surface area contributed by atoms with Gasteiger partial charge in [0.05, 0.1) is 18.1 Å². The van der Waals surface area contributed by atoms with Gasteiger partial charge in [0.25, 0.3) is 5.91 Å². The number of nitrogens with one attached hydrogen (secondary N) is 2. The van der Waals surface area contributed by atoms with Crippen LogP contribution in [0, 0.1) is 5.92 Å². The molecule has 2 aromatic heterocycles. The Balaban J connectivity index is 1.41. The zero-order chi connectivity index (χ0) is 19.3. The summed E-state index contributed by atoms with van der Waals surface area (Å²) in [6.45, 7) is 3.31. The van der Waals surface area contributed by atoms with Crippen LogP contribution in [-0.2, 0) is 13.1 Å². The van der Waals surface area contributed by atoms with E-state index in [1.54, 1.807) is 29.0 Å². The zero-order valence-electron chi connectivity index (χ0n) is 16.0. The highest BCUT2D eigenvalue weighted by molar-refractivity contribution is 5.91. The molecule has 0 saturated carbocycles. The van der Waals surface area contributed by atoms with Crippen molar-refractivity contribution in [3.05, 3.63) is 54.0 Å². The van der Waals surface area contributed by atoms with Crippen molar-refractivity contribution < 1.29 is 4.79 Å². The number of rotatable bonds is 6. The minimum Gasteiger partial charge on any atom is -0.336 e. The molecule has 0 bridgehead atoms. The second kappa shape index (κ2) is 8.35. The molecular formula is C20H25N7O. The summed E-state index contributed by atoms with van der Waals surface area (Å²) in [7, 11) is 1.77. The fourth-order valence-corrected chi connectivity index (χ4v) is 3.64. The van der Waals surface area contributed by atoms with Gasteiger partial charge in [-0.05, 0) is 37.4 Å². The Kier molecular flexibility index (Phi) is 5.48. The Hall–Kier alpha value is -3.00. The third kappa shape index (κ3) is 4.12. The maximum absolute atomic E-state index is 12.8. The third-order valence-corrected chi connectivity index (χ3v) is 5.14. The number of amides is 1. The smallest absolute Gasteiger partial charge is 0.276 e. The summed E-state index contributed by atoms with van der Waals surface area (Å²) in [5.41, 5.74) is 3.30. The Morgan fingerprint density at radius 1 is 1.32 bits per heavy atom. The number of H-pyrrole nitrogens is 1. The van der Waals surface area contributed by atoms with Gasteiger partial charge in [-0.2, -0.15) is 5.10 Å². The summed E-state index contributed by atoms with van der Waals surface area (Å²) in [5, 5.41) is 18.8. The molecule has 1 aromatic carbocycles. The van der Waals surface area contributed by atoms with E-state index in [4.69, 9.17) is 0 Å². The largest absolute Gasteiger partial charge is 0.336 e. The molecule has 4 rings (SSSR count). The third-order valence-electron chi connectivity index (χ3n) is 5.14. The van der Waals surface area contributed by atoms with E-state index in [2.05, 4.69) is 25.8 Å². The fourth-order valence-electron chi connectivity index (χ4n) is 3.64. The first-order valence-corrected chi connectivity index (χ1v) is 9.64.